The third-order valence-corrected chi connectivity index (χ3v) is 4.08. The van der Waals surface area contributed by atoms with Crippen molar-refractivity contribution in [1.29, 1.82) is 0 Å². The van der Waals surface area contributed by atoms with Crippen molar-refractivity contribution in [2.45, 2.75) is 33.7 Å². The van der Waals surface area contributed by atoms with E-state index in [9.17, 15) is 4.39 Å². The number of aromatic nitrogens is 4. The third kappa shape index (κ3) is 3.22. The molecule has 1 aromatic carbocycles. The predicted molar refractivity (Wildman–Crippen MR) is 94.0 cm³/mol. The summed E-state index contributed by atoms with van der Waals surface area (Å²) in [5, 5.41) is 4.71. The van der Waals surface area contributed by atoms with Crippen molar-refractivity contribution in [2.24, 2.45) is 5.92 Å². The number of benzene rings is 1. The second kappa shape index (κ2) is 6.77. The molecule has 0 atom stereocenters. The Kier molecular flexibility index (Phi) is 4.71. The first-order valence-electron chi connectivity index (χ1n) is 8.06. The van der Waals surface area contributed by atoms with Gasteiger partial charge in [0.05, 0.1) is 16.4 Å². The van der Waals surface area contributed by atoms with Gasteiger partial charge in [-0.3, -0.25) is 0 Å². The van der Waals surface area contributed by atoms with Gasteiger partial charge in [-0.2, -0.15) is 5.10 Å². The number of hydrogen-bond acceptors (Lipinski definition) is 2. The summed E-state index contributed by atoms with van der Waals surface area (Å²) in [5.74, 6) is 1.51. The summed E-state index contributed by atoms with van der Waals surface area (Å²) in [5.41, 5.74) is 1.67. The highest BCUT2D eigenvalue weighted by atomic mass is 35.5. The van der Waals surface area contributed by atoms with Crippen molar-refractivity contribution < 1.29 is 4.39 Å². The lowest BCUT2D eigenvalue weighted by Gasteiger charge is -2.09. The molecule has 0 fully saturated rings. The summed E-state index contributed by atoms with van der Waals surface area (Å²) in [6, 6.07) is 8.58. The first kappa shape index (κ1) is 16.7. The van der Waals surface area contributed by atoms with E-state index in [1.807, 2.05) is 18.3 Å². The van der Waals surface area contributed by atoms with Gasteiger partial charge < -0.3 is 4.57 Å². The Bertz CT molecular complexity index is 851. The molecule has 0 aliphatic rings. The van der Waals surface area contributed by atoms with Crippen LogP contribution in [0.5, 0.6) is 0 Å². The standard InChI is InChI=1S/C18H20ClFN4/c1-4-23-9-5-6-16(23)18-21-17(10-12(2)3)22-24(18)13-7-8-15(20)14(19)11-13/h5-9,11-12H,4,10H2,1-3H3. The van der Waals surface area contributed by atoms with Gasteiger partial charge >= 0.3 is 0 Å². The highest BCUT2D eigenvalue weighted by molar-refractivity contribution is 6.30. The minimum atomic E-state index is -0.443. The molecule has 2 aromatic heterocycles. The molecule has 3 rings (SSSR count). The molecule has 0 saturated carbocycles. The molecule has 0 aliphatic carbocycles. The van der Waals surface area contributed by atoms with E-state index in [1.165, 1.54) is 6.07 Å². The van der Waals surface area contributed by atoms with Crippen molar-refractivity contribution in [3.05, 3.63) is 53.2 Å². The highest BCUT2D eigenvalue weighted by Gasteiger charge is 2.17. The Morgan fingerprint density at radius 3 is 2.71 bits per heavy atom. The lowest BCUT2D eigenvalue weighted by Crippen LogP contribution is -2.04. The summed E-state index contributed by atoms with van der Waals surface area (Å²) < 4.78 is 17.3. The Morgan fingerprint density at radius 2 is 2.04 bits per heavy atom. The third-order valence-electron chi connectivity index (χ3n) is 3.79. The zero-order valence-electron chi connectivity index (χ0n) is 14.0. The van der Waals surface area contributed by atoms with Gasteiger partial charge in [0.15, 0.2) is 11.6 Å². The van der Waals surface area contributed by atoms with Crippen LogP contribution in [0, 0.1) is 11.7 Å². The molecule has 2 heterocycles. The van der Waals surface area contributed by atoms with Gasteiger partial charge in [-0.15, -0.1) is 0 Å². The van der Waals surface area contributed by atoms with E-state index in [0.29, 0.717) is 11.6 Å². The minimum absolute atomic E-state index is 0.0743. The van der Waals surface area contributed by atoms with E-state index < -0.39 is 5.82 Å². The molecule has 0 N–H and O–H groups in total. The number of rotatable bonds is 5. The quantitative estimate of drug-likeness (QED) is 0.668. The lowest BCUT2D eigenvalue weighted by molar-refractivity contribution is 0.617. The zero-order chi connectivity index (χ0) is 17.3. The minimum Gasteiger partial charge on any atom is -0.345 e. The van der Waals surface area contributed by atoms with E-state index in [4.69, 9.17) is 16.6 Å². The number of aryl methyl sites for hydroxylation is 1. The average molecular weight is 347 g/mol. The fraction of sp³-hybridized carbons (Fsp3) is 0.333. The smallest absolute Gasteiger partial charge is 0.179 e. The zero-order valence-corrected chi connectivity index (χ0v) is 14.8. The van der Waals surface area contributed by atoms with Crippen LogP contribution < -0.4 is 0 Å². The van der Waals surface area contributed by atoms with Gasteiger partial charge in [-0.05, 0) is 43.2 Å². The molecule has 0 radical (unpaired) electrons. The highest BCUT2D eigenvalue weighted by Crippen LogP contribution is 2.25. The van der Waals surface area contributed by atoms with Gasteiger partial charge in [-0.1, -0.05) is 25.4 Å². The van der Waals surface area contributed by atoms with Crippen LogP contribution in [0.1, 0.15) is 26.6 Å². The van der Waals surface area contributed by atoms with E-state index in [1.54, 1.807) is 16.8 Å². The largest absolute Gasteiger partial charge is 0.345 e. The van der Waals surface area contributed by atoms with Crippen molar-refractivity contribution >= 4 is 11.6 Å². The van der Waals surface area contributed by atoms with Crippen LogP contribution in [0.4, 0.5) is 4.39 Å². The molecular formula is C18H20ClFN4. The molecule has 126 valence electrons. The number of nitrogens with zero attached hydrogens (tertiary/aromatic N) is 4. The van der Waals surface area contributed by atoms with Crippen LogP contribution in [0.2, 0.25) is 5.02 Å². The fourth-order valence-electron chi connectivity index (χ4n) is 2.66. The molecule has 6 heteroatoms. The summed E-state index contributed by atoms with van der Waals surface area (Å²) in [7, 11) is 0. The van der Waals surface area contributed by atoms with E-state index in [-0.39, 0.29) is 5.02 Å². The summed E-state index contributed by atoms with van der Waals surface area (Å²) in [6.45, 7) is 7.17. The first-order valence-corrected chi connectivity index (χ1v) is 8.44. The van der Waals surface area contributed by atoms with Crippen LogP contribution >= 0.6 is 11.6 Å². The molecule has 0 amide bonds. The second-order valence-corrected chi connectivity index (χ2v) is 6.55. The van der Waals surface area contributed by atoms with Gasteiger partial charge in [0.25, 0.3) is 0 Å². The fourth-order valence-corrected chi connectivity index (χ4v) is 2.84. The van der Waals surface area contributed by atoms with Gasteiger partial charge in [-0.25, -0.2) is 14.1 Å². The summed E-state index contributed by atoms with van der Waals surface area (Å²) in [4.78, 5) is 4.72. The molecule has 0 saturated heterocycles. The van der Waals surface area contributed by atoms with Gasteiger partial charge in [0.2, 0.25) is 0 Å². The molecular weight excluding hydrogens is 327 g/mol. The van der Waals surface area contributed by atoms with Crippen molar-refractivity contribution in [3.63, 3.8) is 0 Å². The SMILES string of the molecule is CCn1cccc1-c1nc(CC(C)C)nn1-c1ccc(F)c(Cl)c1. The molecule has 0 unspecified atom stereocenters. The Hall–Kier alpha value is -2.14. The topological polar surface area (TPSA) is 35.6 Å². The molecule has 0 spiro atoms. The van der Waals surface area contributed by atoms with Crippen molar-refractivity contribution in [3.8, 4) is 17.2 Å². The van der Waals surface area contributed by atoms with Crippen LogP contribution in [0.15, 0.2) is 36.5 Å². The van der Waals surface area contributed by atoms with E-state index >= 15 is 0 Å². The monoisotopic (exact) mass is 346 g/mol. The van der Waals surface area contributed by atoms with Gasteiger partial charge in [0, 0.05) is 19.2 Å². The van der Waals surface area contributed by atoms with Crippen LogP contribution in [0.25, 0.3) is 17.2 Å². The Labute approximate surface area is 145 Å². The predicted octanol–water partition coefficient (Wildman–Crippen LogP) is 4.75. The lowest BCUT2D eigenvalue weighted by atomic mass is 10.1. The molecule has 0 bridgehead atoms. The first-order chi connectivity index (χ1) is 11.5. The molecule has 3 aromatic rings. The van der Waals surface area contributed by atoms with Gasteiger partial charge in [0.1, 0.15) is 5.82 Å². The maximum atomic E-state index is 13.5. The van der Waals surface area contributed by atoms with Crippen molar-refractivity contribution in [2.75, 3.05) is 0 Å². The number of hydrogen-bond donors (Lipinski definition) is 0. The van der Waals surface area contributed by atoms with Crippen molar-refractivity contribution in [1.82, 2.24) is 19.3 Å². The van der Waals surface area contributed by atoms with E-state index in [2.05, 4.69) is 30.4 Å². The second-order valence-electron chi connectivity index (χ2n) is 6.14. The summed E-state index contributed by atoms with van der Waals surface area (Å²) >= 11 is 5.95. The molecule has 24 heavy (non-hydrogen) atoms. The Balaban J connectivity index is 2.15. The Morgan fingerprint density at radius 1 is 1.25 bits per heavy atom. The molecule has 4 nitrogen and oxygen atoms in total. The normalized spacial score (nSPS) is 11.4. The maximum Gasteiger partial charge on any atom is 0.179 e. The van der Waals surface area contributed by atoms with Crippen LogP contribution in [0.3, 0.4) is 0 Å². The molecule has 0 aliphatic heterocycles. The maximum absolute atomic E-state index is 13.5. The van der Waals surface area contributed by atoms with E-state index in [0.717, 1.165) is 30.3 Å². The number of halogens is 2. The van der Waals surface area contributed by atoms with Crippen LogP contribution in [-0.2, 0) is 13.0 Å². The average Bonchev–Trinajstić information content (AvgIpc) is 3.15. The van der Waals surface area contributed by atoms with Crippen LogP contribution in [-0.4, -0.2) is 19.3 Å². The summed E-state index contributed by atoms with van der Waals surface area (Å²) in [6.07, 6.45) is 2.79.